The first-order valence-corrected chi connectivity index (χ1v) is 12.8. The Hall–Kier alpha value is -3.37. The quantitative estimate of drug-likeness (QED) is 0.497. The van der Waals surface area contributed by atoms with Gasteiger partial charge in [-0.25, -0.2) is 13.1 Å². The predicted molar refractivity (Wildman–Crippen MR) is 132 cm³/mol. The number of sulfonamides is 1. The third-order valence-electron chi connectivity index (χ3n) is 6.35. The van der Waals surface area contributed by atoms with Crippen LogP contribution < -0.4 is 9.47 Å². The molecule has 0 bridgehead atoms. The lowest BCUT2D eigenvalue weighted by Crippen LogP contribution is -2.50. The van der Waals surface area contributed by atoms with Crippen molar-refractivity contribution in [1.29, 1.82) is 0 Å². The molecule has 0 aliphatic carbocycles. The van der Waals surface area contributed by atoms with Gasteiger partial charge in [-0.3, -0.25) is 4.79 Å². The second-order valence-corrected chi connectivity index (χ2v) is 10.3. The Balaban J connectivity index is 1.45. The largest absolute Gasteiger partial charge is 0.497 e. The van der Waals surface area contributed by atoms with Crippen LogP contribution in [0.2, 0.25) is 0 Å². The molecule has 1 aliphatic rings. The fraction of sp³-hybridized carbons (Fsp3) is 0.360. The van der Waals surface area contributed by atoms with Gasteiger partial charge in [-0.1, -0.05) is 18.2 Å². The maximum absolute atomic E-state index is 13.3. The molecule has 1 aromatic heterocycles. The van der Waals surface area contributed by atoms with E-state index in [1.165, 1.54) is 24.6 Å². The summed E-state index contributed by atoms with van der Waals surface area (Å²) in [5.74, 6) is 0.644. The molecule has 1 aliphatic heterocycles. The number of para-hydroxylation sites is 1. The molecule has 0 atom stereocenters. The fourth-order valence-electron chi connectivity index (χ4n) is 4.32. The monoisotopic (exact) mass is 498 g/mol. The number of aromatic nitrogens is 2. The van der Waals surface area contributed by atoms with Gasteiger partial charge in [0.1, 0.15) is 16.4 Å². The van der Waals surface area contributed by atoms with Crippen molar-refractivity contribution in [2.45, 2.75) is 25.2 Å². The van der Waals surface area contributed by atoms with Crippen molar-refractivity contribution in [2.24, 2.45) is 0 Å². The number of hydrogen-bond donors (Lipinski definition) is 0. The van der Waals surface area contributed by atoms with Gasteiger partial charge >= 0.3 is 0 Å². The van der Waals surface area contributed by atoms with Gasteiger partial charge in [0, 0.05) is 43.5 Å². The van der Waals surface area contributed by atoms with Crippen LogP contribution in [-0.2, 0) is 21.2 Å². The van der Waals surface area contributed by atoms with Crippen LogP contribution in [0.3, 0.4) is 0 Å². The van der Waals surface area contributed by atoms with E-state index in [-0.39, 0.29) is 36.1 Å². The van der Waals surface area contributed by atoms with Crippen molar-refractivity contribution in [1.82, 2.24) is 19.0 Å². The number of carbonyl (C=O) groups excluding carboxylic acids is 1. The molecule has 2 aromatic carbocycles. The number of benzene rings is 2. The summed E-state index contributed by atoms with van der Waals surface area (Å²) in [7, 11) is -0.895. The maximum atomic E-state index is 13.3. The van der Waals surface area contributed by atoms with Gasteiger partial charge < -0.3 is 14.4 Å². The van der Waals surface area contributed by atoms with Crippen molar-refractivity contribution in [3.8, 4) is 17.2 Å². The smallest absolute Gasteiger partial charge is 0.247 e. The summed E-state index contributed by atoms with van der Waals surface area (Å²) >= 11 is 0. The molecule has 0 radical (unpaired) electrons. The SMILES string of the molecule is COc1ccc(OC)c(S(=O)(=O)N2CCN(C(=O)Cc3c(C)nn(-c4ccccc4)c3C)CC2)c1. The molecule has 2 heterocycles. The molecule has 4 rings (SSSR count). The Morgan fingerprint density at radius 1 is 0.971 bits per heavy atom. The Bertz CT molecular complexity index is 1310. The summed E-state index contributed by atoms with van der Waals surface area (Å²) in [5, 5.41) is 4.62. The van der Waals surface area contributed by atoms with Crippen LogP contribution in [0, 0.1) is 13.8 Å². The number of ether oxygens (including phenoxy) is 2. The van der Waals surface area contributed by atoms with Gasteiger partial charge in [-0.15, -0.1) is 0 Å². The van der Waals surface area contributed by atoms with Gasteiger partial charge in [-0.05, 0) is 38.1 Å². The zero-order valence-corrected chi connectivity index (χ0v) is 21.2. The standard InChI is InChI=1S/C25H30N4O5S/c1-18-22(19(2)29(26-18)20-8-6-5-7-9-20)17-25(30)27-12-14-28(15-13-27)35(31,32)24-16-21(33-3)10-11-23(24)34-4/h5-11,16H,12-15,17H2,1-4H3. The Morgan fingerprint density at radius 3 is 2.29 bits per heavy atom. The van der Waals surface area contributed by atoms with Crippen molar-refractivity contribution in [2.75, 3.05) is 40.4 Å². The molecule has 1 fully saturated rings. The van der Waals surface area contributed by atoms with Crippen LogP contribution in [0.4, 0.5) is 0 Å². The molecule has 9 nitrogen and oxygen atoms in total. The minimum Gasteiger partial charge on any atom is -0.497 e. The van der Waals surface area contributed by atoms with Crippen LogP contribution in [0.25, 0.3) is 5.69 Å². The number of rotatable bonds is 7. The number of hydrogen-bond acceptors (Lipinski definition) is 6. The van der Waals surface area contributed by atoms with E-state index >= 15 is 0 Å². The van der Waals surface area contributed by atoms with Crippen LogP contribution in [0.5, 0.6) is 11.5 Å². The highest BCUT2D eigenvalue weighted by molar-refractivity contribution is 7.89. The van der Waals surface area contributed by atoms with Crippen molar-refractivity contribution in [3.05, 3.63) is 65.5 Å². The summed E-state index contributed by atoms with van der Waals surface area (Å²) < 4.78 is 40.3. The van der Waals surface area contributed by atoms with Crippen molar-refractivity contribution in [3.63, 3.8) is 0 Å². The second kappa shape index (κ2) is 10.1. The second-order valence-electron chi connectivity index (χ2n) is 8.38. The lowest BCUT2D eigenvalue weighted by molar-refractivity contribution is -0.131. The van der Waals surface area contributed by atoms with E-state index in [1.54, 1.807) is 17.0 Å². The lowest BCUT2D eigenvalue weighted by atomic mass is 10.1. The third-order valence-corrected chi connectivity index (χ3v) is 8.27. The number of piperazine rings is 1. The number of amides is 1. The molecule has 1 saturated heterocycles. The number of aryl methyl sites for hydroxylation is 1. The predicted octanol–water partition coefficient (Wildman–Crippen LogP) is 2.58. The van der Waals surface area contributed by atoms with Crippen LogP contribution in [0.1, 0.15) is 17.0 Å². The van der Waals surface area contributed by atoms with E-state index in [1.807, 2.05) is 48.9 Å². The summed E-state index contributed by atoms with van der Waals surface area (Å²) in [5.41, 5.74) is 3.58. The minimum absolute atomic E-state index is 0.0418. The molecule has 1 amide bonds. The van der Waals surface area contributed by atoms with Crippen LogP contribution >= 0.6 is 0 Å². The van der Waals surface area contributed by atoms with Crippen molar-refractivity contribution < 1.29 is 22.7 Å². The molecule has 186 valence electrons. The molecule has 0 saturated carbocycles. The first-order chi connectivity index (χ1) is 16.8. The maximum Gasteiger partial charge on any atom is 0.247 e. The van der Waals surface area contributed by atoms with E-state index in [2.05, 4.69) is 5.10 Å². The van der Waals surface area contributed by atoms with Crippen LogP contribution in [-0.4, -0.2) is 73.7 Å². The lowest BCUT2D eigenvalue weighted by Gasteiger charge is -2.34. The van der Waals surface area contributed by atoms with E-state index in [9.17, 15) is 13.2 Å². The third kappa shape index (κ3) is 4.89. The molecular formula is C25H30N4O5S. The first-order valence-electron chi connectivity index (χ1n) is 11.4. The first kappa shape index (κ1) is 24.7. The zero-order valence-electron chi connectivity index (χ0n) is 20.4. The van der Waals surface area contributed by atoms with E-state index < -0.39 is 10.0 Å². The van der Waals surface area contributed by atoms with Gasteiger partial charge in [0.05, 0.1) is 32.0 Å². The normalized spacial score (nSPS) is 14.7. The highest BCUT2D eigenvalue weighted by atomic mass is 32.2. The van der Waals surface area contributed by atoms with Gasteiger partial charge in [-0.2, -0.15) is 9.40 Å². The molecule has 0 N–H and O–H groups in total. The minimum atomic E-state index is -3.81. The summed E-state index contributed by atoms with van der Waals surface area (Å²) in [6, 6.07) is 14.5. The summed E-state index contributed by atoms with van der Waals surface area (Å²) in [6.45, 7) is 4.90. The number of carbonyl (C=O) groups is 1. The average Bonchev–Trinajstić information content (AvgIpc) is 3.17. The van der Waals surface area contributed by atoms with E-state index in [0.29, 0.717) is 18.8 Å². The molecule has 0 unspecified atom stereocenters. The summed E-state index contributed by atoms with van der Waals surface area (Å²) in [4.78, 5) is 14.9. The van der Waals surface area contributed by atoms with Gasteiger partial charge in [0.2, 0.25) is 15.9 Å². The van der Waals surface area contributed by atoms with Crippen molar-refractivity contribution >= 4 is 15.9 Å². The number of methoxy groups -OCH3 is 2. The van der Waals surface area contributed by atoms with E-state index in [0.717, 1.165) is 22.6 Å². The molecule has 35 heavy (non-hydrogen) atoms. The number of nitrogens with zero attached hydrogens (tertiary/aromatic N) is 4. The Kier molecular flexibility index (Phi) is 7.13. The molecule has 3 aromatic rings. The van der Waals surface area contributed by atoms with E-state index in [4.69, 9.17) is 9.47 Å². The van der Waals surface area contributed by atoms with Gasteiger partial charge in [0.15, 0.2) is 0 Å². The van der Waals surface area contributed by atoms with Gasteiger partial charge in [0.25, 0.3) is 0 Å². The van der Waals surface area contributed by atoms with Crippen LogP contribution in [0.15, 0.2) is 53.4 Å². The topological polar surface area (TPSA) is 94.0 Å². The fourth-order valence-corrected chi connectivity index (χ4v) is 5.91. The average molecular weight is 499 g/mol. The summed E-state index contributed by atoms with van der Waals surface area (Å²) in [6.07, 6.45) is 0.223. The highest BCUT2D eigenvalue weighted by Crippen LogP contribution is 2.31. The Labute approximate surface area is 205 Å². The highest BCUT2D eigenvalue weighted by Gasteiger charge is 2.33. The molecular weight excluding hydrogens is 468 g/mol. The zero-order chi connectivity index (χ0) is 25.2. The molecule has 0 spiro atoms. The Morgan fingerprint density at radius 2 is 1.66 bits per heavy atom. The molecule has 10 heteroatoms.